The Labute approximate surface area is 148 Å². The Hall–Kier alpha value is -2.62. The number of pyridine rings is 1. The molecule has 25 heavy (non-hydrogen) atoms. The standard InChI is InChI=1S/C21H25N3O/c1-14(2)12-16(4)24(21(25)20-7-5-6-15(3)23-20)18-8-9-19-17(13-18)10-11-22-19/h5-11,13-14,16,22H,12H2,1-4H3. The molecule has 130 valence electrons. The van der Waals surface area contributed by atoms with Crippen molar-refractivity contribution in [3.8, 4) is 0 Å². The van der Waals surface area contributed by atoms with Crippen molar-refractivity contribution in [2.75, 3.05) is 4.90 Å². The summed E-state index contributed by atoms with van der Waals surface area (Å²) < 4.78 is 0. The van der Waals surface area contributed by atoms with E-state index in [1.165, 1.54) is 0 Å². The number of amides is 1. The zero-order valence-electron chi connectivity index (χ0n) is 15.3. The van der Waals surface area contributed by atoms with Gasteiger partial charge in [0.05, 0.1) is 0 Å². The molecule has 2 heterocycles. The zero-order chi connectivity index (χ0) is 18.0. The number of hydrogen-bond acceptors (Lipinski definition) is 2. The number of carbonyl (C=O) groups is 1. The van der Waals surface area contributed by atoms with E-state index in [9.17, 15) is 4.79 Å². The van der Waals surface area contributed by atoms with Gasteiger partial charge in [-0.1, -0.05) is 19.9 Å². The Balaban J connectivity index is 2.03. The van der Waals surface area contributed by atoms with Crippen LogP contribution in [0.5, 0.6) is 0 Å². The van der Waals surface area contributed by atoms with Crippen LogP contribution < -0.4 is 4.90 Å². The molecule has 1 unspecified atom stereocenters. The van der Waals surface area contributed by atoms with Crippen molar-refractivity contribution in [3.05, 3.63) is 60.0 Å². The Morgan fingerprint density at radius 2 is 1.96 bits per heavy atom. The van der Waals surface area contributed by atoms with E-state index in [0.29, 0.717) is 11.6 Å². The lowest BCUT2D eigenvalue weighted by Gasteiger charge is -2.30. The minimum Gasteiger partial charge on any atom is -0.361 e. The van der Waals surface area contributed by atoms with Crippen LogP contribution in [0.25, 0.3) is 10.9 Å². The molecule has 0 aliphatic rings. The molecule has 1 aromatic carbocycles. The first-order valence-corrected chi connectivity index (χ1v) is 8.80. The highest BCUT2D eigenvalue weighted by Crippen LogP contribution is 2.26. The fraction of sp³-hybridized carbons (Fsp3) is 0.333. The van der Waals surface area contributed by atoms with E-state index < -0.39 is 0 Å². The van der Waals surface area contributed by atoms with Gasteiger partial charge in [-0.25, -0.2) is 4.98 Å². The van der Waals surface area contributed by atoms with E-state index in [2.05, 4.69) is 36.8 Å². The van der Waals surface area contributed by atoms with Crippen LogP contribution in [0, 0.1) is 12.8 Å². The SMILES string of the molecule is Cc1cccc(C(=O)N(c2ccc3[nH]ccc3c2)C(C)CC(C)C)n1. The van der Waals surface area contributed by atoms with Gasteiger partial charge >= 0.3 is 0 Å². The molecule has 4 heteroatoms. The molecule has 0 aliphatic heterocycles. The molecule has 0 fully saturated rings. The summed E-state index contributed by atoms with van der Waals surface area (Å²) in [5.74, 6) is 0.457. The van der Waals surface area contributed by atoms with Crippen molar-refractivity contribution in [2.45, 2.75) is 40.2 Å². The molecule has 1 amide bonds. The second-order valence-corrected chi connectivity index (χ2v) is 7.07. The zero-order valence-corrected chi connectivity index (χ0v) is 15.3. The maximum absolute atomic E-state index is 13.3. The van der Waals surface area contributed by atoms with Crippen LogP contribution in [0.4, 0.5) is 5.69 Å². The number of aromatic amines is 1. The number of nitrogens with one attached hydrogen (secondary N) is 1. The lowest BCUT2D eigenvalue weighted by atomic mass is 10.0. The largest absolute Gasteiger partial charge is 0.361 e. The summed E-state index contributed by atoms with van der Waals surface area (Å²) >= 11 is 0. The summed E-state index contributed by atoms with van der Waals surface area (Å²) in [4.78, 5) is 22.8. The number of benzene rings is 1. The molecule has 0 saturated carbocycles. The third-order valence-electron chi connectivity index (χ3n) is 4.39. The molecule has 1 atom stereocenters. The summed E-state index contributed by atoms with van der Waals surface area (Å²) in [6.07, 6.45) is 2.85. The fourth-order valence-electron chi connectivity index (χ4n) is 3.34. The Morgan fingerprint density at radius 3 is 2.68 bits per heavy atom. The monoisotopic (exact) mass is 335 g/mol. The maximum Gasteiger partial charge on any atom is 0.277 e. The highest BCUT2D eigenvalue weighted by molar-refractivity contribution is 6.06. The summed E-state index contributed by atoms with van der Waals surface area (Å²) in [5.41, 5.74) is 3.32. The minimum atomic E-state index is -0.0493. The van der Waals surface area contributed by atoms with E-state index in [0.717, 1.165) is 28.7 Å². The van der Waals surface area contributed by atoms with Crippen molar-refractivity contribution in [1.29, 1.82) is 0 Å². The predicted molar refractivity (Wildman–Crippen MR) is 103 cm³/mol. The molecular weight excluding hydrogens is 310 g/mol. The normalized spacial score (nSPS) is 12.5. The number of hydrogen-bond donors (Lipinski definition) is 1. The van der Waals surface area contributed by atoms with E-state index in [1.54, 1.807) is 6.07 Å². The van der Waals surface area contributed by atoms with E-state index in [1.807, 2.05) is 48.4 Å². The van der Waals surface area contributed by atoms with Crippen molar-refractivity contribution < 1.29 is 4.79 Å². The lowest BCUT2D eigenvalue weighted by molar-refractivity contribution is 0.0971. The number of anilines is 1. The van der Waals surface area contributed by atoms with Crippen LogP contribution in [0.2, 0.25) is 0 Å². The van der Waals surface area contributed by atoms with E-state index in [-0.39, 0.29) is 11.9 Å². The number of aromatic nitrogens is 2. The van der Waals surface area contributed by atoms with Gasteiger partial charge in [0.1, 0.15) is 5.69 Å². The average molecular weight is 335 g/mol. The van der Waals surface area contributed by atoms with Gasteiger partial charge in [0.15, 0.2) is 0 Å². The van der Waals surface area contributed by atoms with Crippen molar-refractivity contribution >= 4 is 22.5 Å². The van der Waals surface area contributed by atoms with E-state index in [4.69, 9.17) is 0 Å². The van der Waals surface area contributed by atoms with Crippen LogP contribution in [0.1, 0.15) is 43.4 Å². The van der Waals surface area contributed by atoms with Crippen LogP contribution in [0.3, 0.4) is 0 Å². The summed E-state index contributed by atoms with van der Waals surface area (Å²) in [5, 5.41) is 1.10. The van der Waals surface area contributed by atoms with Crippen molar-refractivity contribution in [1.82, 2.24) is 9.97 Å². The van der Waals surface area contributed by atoms with Gasteiger partial charge < -0.3 is 9.88 Å². The first-order chi connectivity index (χ1) is 12.0. The predicted octanol–water partition coefficient (Wildman–Crippen LogP) is 4.95. The third-order valence-corrected chi connectivity index (χ3v) is 4.39. The molecule has 3 rings (SSSR count). The number of carbonyl (C=O) groups excluding carboxylic acids is 1. The van der Waals surface area contributed by atoms with Gasteiger partial charge in [0, 0.05) is 34.5 Å². The molecule has 0 bridgehead atoms. The van der Waals surface area contributed by atoms with E-state index >= 15 is 0 Å². The molecule has 2 aromatic heterocycles. The molecule has 0 radical (unpaired) electrons. The number of rotatable bonds is 5. The van der Waals surface area contributed by atoms with Crippen LogP contribution in [-0.2, 0) is 0 Å². The number of H-pyrrole nitrogens is 1. The van der Waals surface area contributed by atoms with Gasteiger partial charge in [0.25, 0.3) is 5.91 Å². The number of fused-ring (bicyclic) bond motifs is 1. The highest BCUT2D eigenvalue weighted by atomic mass is 16.2. The first-order valence-electron chi connectivity index (χ1n) is 8.80. The molecule has 1 N–H and O–H groups in total. The smallest absolute Gasteiger partial charge is 0.277 e. The quantitative estimate of drug-likeness (QED) is 0.717. The van der Waals surface area contributed by atoms with Crippen molar-refractivity contribution in [2.24, 2.45) is 5.92 Å². The number of nitrogens with zero attached hydrogens (tertiary/aromatic N) is 2. The first kappa shape index (κ1) is 17.2. The van der Waals surface area contributed by atoms with Gasteiger partial charge in [-0.2, -0.15) is 0 Å². The lowest BCUT2D eigenvalue weighted by Crippen LogP contribution is -2.40. The van der Waals surface area contributed by atoms with Gasteiger partial charge in [-0.15, -0.1) is 0 Å². The van der Waals surface area contributed by atoms with Crippen LogP contribution in [-0.4, -0.2) is 21.9 Å². The Morgan fingerprint density at radius 1 is 1.16 bits per heavy atom. The van der Waals surface area contributed by atoms with Gasteiger partial charge in [-0.05, 0) is 62.6 Å². The molecular formula is C21H25N3O. The van der Waals surface area contributed by atoms with Gasteiger partial charge in [-0.3, -0.25) is 4.79 Å². The highest BCUT2D eigenvalue weighted by Gasteiger charge is 2.25. The molecule has 0 aliphatic carbocycles. The fourth-order valence-corrected chi connectivity index (χ4v) is 3.34. The molecule has 0 spiro atoms. The maximum atomic E-state index is 13.3. The molecule has 4 nitrogen and oxygen atoms in total. The average Bonchev–Trinajstić information content (AvgIpc) is 3.02. The second kappa shape index (κ2) is 7.09. The summed E-state index contributed by atoms with van der Waals surface area (Å²) in [6.45, 7) is 8.37. The number of aryl methyl sites for hydroxylation is 1. The second-order valence-electron chi connectivity index (χ2n) is 7.07. The summed E-state index contributed by atoms with van der Waals surface area (Å²) in [7, 11) is 0. The van der Waals surface area contributed by atoms with Gasteiger partial charge in [0.2, 0.25) is 0 Å². The molecule has 0 saturated heterocycles. The minimum absolute atomic E-state index is 0.0493. The Bertz CT molecular complexity index is 881. The topological polar surface area (TPSA) is 49.0 Å². The van der Waals surface area contributed by atoms with Crippen LogP contribution in [0.15, 0.2) is 48.7 Å². The Kier molecular flexibility index (Phi) is 4.88. The summed E-state index contributed by atoms with van der Waals surface area (Å²) in [6, 6.07) is 13.8. The van der Waals surface area contributed by atoms with Crippen LogP contribution >= 0.6 is 0 Å². The van der Waals surface area contributed by atoms with Crippen molar-refractivity contribution in [3.63, 3.8) is 0 Å². The molecule has 3 aromatic rings. The third kappa shape index (κ3) is 3.73.